The molecule has 0 spiro atoms. The third-order valence-electron chi connectivity index (χ3n) is 3.92. The molecule has 1 aliphatic heterocycles. The zero-order chi connectivity index (χ0) is 18.0. The summed E-state index contributed by atoms with van der Waals surface area (Å²) in [6, 6.07) is 9.63. The largest absolute Gasteiger partial charge is 0.312 e. The fraction of sp³-hybridized carbons (Fsp3) is 0.444. The molecule has 2 amide bonds. The van der Waals surface area contributed by atoms with Gasteiger partial charge in [0, 0.05) is 31.0 Å². The van der Waals surface area contributed by atoms with Crippen molar-refractivity contribution in [2.45, 2.75) is 39.5 Å². The molecule has 0 radical (unpaired) electrons. The van der Waals surface area contributed by atoms with E-state index in [0.717, 1.165) is 10.7 Å². The minimum absolute atomic E-state index is 0.0125. The van der Waals surface area contributed by atoms with Gasteiger partial charge in [-0.2, -0.15) is 0 Å². The second-order valence-electron chi connectivity index (χ2n) is 7.47. The molecular weight excluding hydrogens is 336 g/mol. The van der Waals surface area contributed by atoms with Gasteiger partial charge >= 0.3 is 0 Å². The van der Waals surface area contributed by atoms with Crippen LogP contribution in [0.4, 0.5) is 10.8 Å². The van der Waals surface area contributed by atoms with Gasteiger partial charge in [0.25, 0.3) is 0 Å². The molecule has 2 heterocycles. The topological polar surface area (TPSA) is 75.2 Å². The Labute approximate surface area is 151 Å². The number of benzene rings is 1. The van der Waals surface area contributed by atoms with Crippen molar-refractivity contribution in [3.05, 3.63) is 35.3 Å². The number of rotatable bonds is 4. The van der Waals surface area contributed by atoms with E-state index in [2.05, 4.69) is 15.5 Å². The number of anilines is 2. The van der Waals surface area contributed by atoms with E-state index in [-0.39, 0.29) is 23.1 Å². The van der Waals surface area contributed by atoms with Crippen LogP contribution in [-0.2, 0) is 9.59 Å². The summed E-state index contributed by atoms with van der Waals surface area (Å²) < 4.78 is 0. The van der Waals surface area contributed by atoms with E-state index < -0.39 is 0 Å². The van der Waals surface area contributed by atoms with E-state index in [4.69, 9.17) is 0 Å². The Morgan fingerprint density at radius 2 is 2.00 bits per heavy atom. The first-order valence-electron chi connectivity index (χ1n) is 8.30. The third kappa shape index (κ3) is 4.42. The van der Waals surface area contributed by atoms with Gasteiger partial charge in [0.2, 0.25) is 16.9 Å². The Bertz CT molecular complexity index is 767. The predicted molar refractivity (Wildman–Crippen MR) is 98.8 cm³/mol. The molecule has 1 saturated heterocycles. The normalized spacial score (nSPS) is 17.8. The van der Waals surface area contributed by atoms with Gasteiger partial charge in [-0.05, 0) is 17.5 Å². The Hall–Kier alpha value is -2.28. The molecule has 2 aromatic rings. The maximum Gasteiger partial charge on any atom is 0.227 e. The molecule has 1 fully saturated rings. The number of amides is 2. The quantitative estimate of drug-likeness (QED) is 0.908. The second-order valence-corrected chi connectivity index (χ2v) is 8.48. The van der Waals surface area contributed by atoms with Crippen molar-refractivity contribution in [1.29, 1.82) is 0 Å². The van der Waals surface area contributed by atoms with E-state index >= 15 is 0 Å². The number of aromatic nitrogens is 2. The first-order chi connectivity index (χ1) is 11.8. The standard InChI is InChI=1S/C18H22N4O2S/c1-18(2,3)10-14(23)19-17-21-20-16(25-17)12-9-15(24)22(11-12)13-7-5-4-6-8-13/h4-8,12H,9-11H2,1-3H3,(H,19,21,23). The highest BCUT2D eigenvalue weighted by molar-refractivity contribution is 7.15. The van der Waals surface area contributed by atoms with Crippen LogP contribution in [0.5, 0.6) is 0 Å². The van der Waals surface area contributed by atoms with Gasteiger partial charge in [-0.3, -0.25) is 9.59 Å². The smallest absolute Gasteiger partial charge is 0.227 e. The molecule has 1 aromatic heterocycles. The maximum atomic E-state index is 12.3. The molecule has 1 atom stereocenters. The van der Waals surface area contributed by atoms with Crippen LogP contribution in [0.15, 0.2) is 30.3 Å². The minimum atomic E-state index is -0.0777. The number of para-hydroxylation sites is 1. The van der Waals surface area contributed by atoms with Crippen LogP contribution in [0.2, 0.25) is 0 Å². The molecule has 1 unspecified atom stereocenters. The lowest BCUT2D eigenvalue weighted by Crippen LogP contribution is -2.24. The zero-order valence-electron chi connectivity index (χ0n) is 14.7. The lowest BCUT2D eigenvalue weighted by Gasteiger charge is -2.16. The average molecular weight is 358 g/mol. The molecule has 3 rings (SSSR count). The molecule has 25 heavy (non-hydrogen) atoms. The lowest BCUT2D eigenvalue weighted by molar-refractivity contribution is -0.118. The van der Waals surface area contributed by atoms with Crippen LogP contribution in [0.1, 0.15) is 44.5 Å². The summed E-state index contributed by atoms with van der Waals surface area (Å²) in [5.74, 6) is 0.0341. The Morgan fingerprint density at radius 1 is 1.28 bits per heavy atom. The minimum Gasteiger partial charge on any atom is -0.312 e. The monoisotopic (exact) mass is 358 g/mol. The number of hydrogen-bond donors (Lipinski definition) is 1. The van der Waals surface area contributed by atoms with Crippen LogP contribution in [0.25, 0.3) is 0 Å². The van der Waals surface area contributed by atoms with Crippen molar-refractivity contribution in [2.75, 3.05) is 16.8 Å². The van der Waals surface area contributed by atoms with Crippen LogP contribution in [0, 0.1) is 5.41 Å². The fourth-order valence-corrected chi connectivity index (χ4v) is 3.68. The Kier molecular flexibility index (Phi) is 4.85. The first kappa shape index (κ1) is 17.5. The van der Waals surface area contributed by atoms with Gasteiger partial charge < -0.3 is 10.2 Å². The number of carbonyl (C=O) groups excluding carboxylic acids is 2. The molecule has 1 N–H and O–H groups in total. The Balaban J connectivity index is 1.65. The summed E-state index contributed by atoms with van der Waals surface area (Å²) >= 11 is 1.35. The van der Waals surface area contributed by atoms with Gasteiger partial charge in [-0.25, -0.2) is 0 Å². The van der Waals surface area contributed by atoms with Crippen molar-refractivity contribution in [3.63, 3.8) is 0 Å². The highest BCUT2D eigenvalue weighted by Crippen LogP contribution is 2.34. The molecule has 7 heteroatoms. The zero-order valence-corrected chi connectivity index (χ0v) is 15.5. The van der Waals surface area contributed by atoms with Crippen molar-refractivity contribution in [1.82, 2.24) is 10.2 Å². The molecule has 6 nitrogen and oxygen atoms in total. The number of carbonyl (C=O) groups is 2. The van der Waals surface area contributed by atoms with Crippen LogP contribution in [0.3, 0.4) is 0 Å². The van der Waals surface area contributed by atoms with Crippen LogP contribution >= 0.6 is 11.3 Å². The van der Waals surface area contributed by atoms with Crippen molar-refractivity contribution >= 4 is 34.0 Å². The fourth-order valence-electron chi connectivity index (χ4n) is 2.83. The summed E-state index contributed by atoms with van der Waals surface area (Å²) in [5, 5.41) is 12.3. The molecule has 1 aliphatic rings. The van der Waals surface area contributed by atoms with E-state index in [0.29, 0.717) is 24.5 Å². The maximum absolute atomic E-state index is 12.3. The Morgan fingerprint density at radius 3 is 2.68 bits per heavy atom. The second kappa shape index (κ2) is 6.92. The highest BCUT2D eigenvalue weighted by atomic mass is 32.1. The number of hydrogen-bond acceptors (Lipinski definition) is 5. The lowest BCUT2D eigenvalue weighted by atomic mass is 9.92. The highest BCUT2D eigenvalue weighted by Gasteiger charge is 2.33. The van der Waals surface area contributed by atoms with Gasteiger partial charge in [-0.1, -0.05) is 50.3 Å². The van der Waals surface area contributed by atoms with Crippen LogP contribution < -0.4 is 10.2 Å². The van der Waals surface area contributed by atoms with Gasteiger partial charge in [0.15, 0.2) is 0 Å². The van der Waals surface area contributed by atoms with Crippen LogP contribution in [-0.4, -0.2) is 28.6 Å². The van der Waals surface area contributed by atoms with Gasteiger partial charge in [-0.15, -0.1) is 10.2 Å². The summed E-state index contributed by atoms with van der Waals surface area (Å²) in [4.78, 5) is 26.1. The van der Waals surface area contributed by atoms with Gasteiger partial charge in [0.1, 0.15) is 5.01 Å². The summed E-state index contributed by atoms with van der Waals surface area (Å²) in [6.45, 7) is 6.63. The third-order valence-corrected chi connectivity index (χ3v) is 4.92. The predicted octanol–water partition coefficient (Wildman–Crippen LogP) is 3.43. The SMILES string of the molecule is CC(C)(C)CC(=O)Nc1nnc(C2CC(=O)N(c3ccccc3)C2)s1. The molecule has 0 saturated carbocycles. The molecular formula is C18H22N4O2S. The van der Waals surface area contributed by atoms with E-state index in [1.165, 1.54) is 11.3 Å². The number of nitrogens with one attached hydrogen (secondary N) is 1. The van der Waals surface area contributed by atoms with Crippen molar-refractivity contribution in [2.24, 2.45) is 5.41 Å². The summed E-state index contributed by atoms with van der Waals surface area (Å²) in [6.07, 6.45) is 0.838. The van der Waals surface area contributed by atoms with Gasteiger partial charge in [0.05, 0.1) is 0 Å². The molecule has 132 valence electrons. The van der Waals surface area contributed by atoms with Crippen molar-refractivity contribution in [3.8, 4) is 0 Å². The summed E-state index contributed by atoms with van der Waals surface area (Å²) in [5.41, 5.74) is 0.823. The van der Waals surface area contributed by atoms with Crippen molar-refractivity contribution < 1.29 is 9.59 Å². The van der Waals surface area contributed by atoms with E-state index in [1.54, 1.807) is 4.90 Å². The average Bonchev–Trinajstić information content (AvgIpc) is 3.13. The first-order valence-corrected chi connectivity index (χ1v) is 9.12. The molecule has 0 aliphatic carbocycles. The molecule has 0 bridgehead atoms. The summed E-state index contributed by atoms with van der Waals surface area (Å²) in [7, 11) is 0. The molecule has 1 aromatic carbocycles. The van der Waals surface area contributed by atoms with E-state index in [1.807, 2.05) is 51.1 Å². The van der Waals surface area contributed by atoms with E-state index in [9.17, 15) is 9.59 Å². The number of nitrogens with zero attached hydrogens (tertiary/aromatic N) is 3.